The Kier molecular flexibility index (Phi) is 5.79. The van der Waals surface area contributed by atoms with Crippen LogP contribution in [0.4, 0.5) is 0 Å². The van der Waals surface area contributed by atoms with Crippen LogP contribution in [-0.2, 0) is 9.53 Å². The highest BCUT2D eigenvalue weighted by Crippen LogP contribution is 2.22. The Labute approximate surface area is 123 Å². The highest BCUT2D eigenvalue weighted by atomic mass is 35.5. The molecule has 1 atom stereocenters. The average Bonchev–Trinajstić information content (AvgIpc) is 2.45. The number of rotatable bonds is 6. The summed E-state index contributed by atoms with van der Waals surface area (Å²) in [6.45, 7) is 4.68. The molecule has 1 aromatic carbocycles. The monoisotopic (exact) mass is 298 g/mol. The lowest BCUT2D eigenvalue weighted by atomic mass is 10.1. The number of benzene rings is 1. The van der Waals surface area contributed by atoms with Crippen LogP contribution < -0.4 is 5.32 Å². The number of hydrogen-bond acceptors (Lipinski definition) is 4. The van der Waals surface area contributed by atoms with Gasteiger partial charge in [0, 0.05) is 31.2 Å². The lowest BCUT2D eigenvalue weighted by molar-refractivity contribution is -0.139. The summed E-state index contributed by atoms with van der Waals surface area (Å²) < 4.78 is 5.28. The van der Waals surface area contributed by atoms with Crippen molar-refractivity contribution in [3.05, 3.63) is 34.9 Å². The number of hydrogen-bond donors (Lipinski definition) is 2. The number of nitrogens with one attached hydrogen (secondary N) is 1. The fourth-order valence-electron chi connectivity index (χ4n) is 2.23. The largest absolute Gasteiger partial charge is 0.480 e. The molecule has 0 bridgehead atoms. The number of carboxylic acid groups (broad SMARTS) is 1. The Hall–Kier alpha value is -1.14. The summed E-state index contributed by atoms with van der Waals surface area (Å²) in [4.78, 5) is 13.6. The van der Waals surface area contributed by atoms with Gasteiger partial charge < -0.3 is 9.84 Å². The number of carboxylic acids is 1. The van der Waals surface area contributed by atoms with E-state index >= 15 is 0 Å². The number of halogens is 1. The minimum Gasteiger partial charge on any atom is -0.480 e. The molecule has 6 heteroatoms. The summed E-state index contributed by atoms with van der Waals surface area (Å²) in [5.41, 5.74) is 0.601. The highest BCUT2D eigenvalue weighted by Gasteiger charge is 2.21. The quantitative estimate of drug-likeness (QED) is 0.831. The van der Waals surface area contributed by atoms with Gasteiger partial charge in [-0.25, -0.2) is 0 Å². The lowest BCUT2D eigenvalue weighted by Gasteiger charge is -2.27. The zero-order chi connectivity index (χ0) is 14.4. The van der Waals surface area contributed by atoms with Crippen molar-refractivity contribution in [1.82, 2.24) is 10.2 Å². The number of ether oxygens (including phenoxy) is 1. The second-order valence-electron chi connectivity index (χ2n) is 4.70. The van der Waals surface area contributed by atoms with Crippen molar-refractivity contribution in [2.45, 2.75) is 6.04 Å². The fourth-order valence-corrected chi connectivity index (χ4v) is 2.48. The molecule has 1 fully saturated rings. The highest BCUT2D eigenvalue weighted by molar-refractivity contribution is 6.31. The second kappa shape index (κ2) is 7.59. The maximum atomic E-state index is 11.4. The third-order valence-corrected chi connectivity index (χ3v) is 3.69. The van der Waals surface area contributed by atoms with E-state index in [4.69, 9.17) is 16.3 Å². The van der Waals surface area contributed by atoms with E-state index in [9.17, 15) is 9.90 Å². The number of nitrogens with zero attached hydrogens (tertiary/aromatic N) is 1. The molecule has 1 heterocycles. The van der Waals surface area contributed by atoms with E-state index in [0.29, 0.717) is 17.1 Å². The molecule has 20 heavy (non-hydrogen) atoms. The molecular formula is C14H19ClN2O3. The van der Waals surface area contributed by atoms with Crippen LogP contribution >= 0.6 is 11.6 Å². The topological polar surface area (TPSA) is 61.8 Å². The fraction of sp³-hybridized carbons (Fsp3) is 0.500. The summed E-state index contributed by atoms with van der Waals surface area (Å²) in [5, 5.41) is 12.9. The van der Waals surface area contributed by atoms with Crippen molar-refractivity contribution in [3.8, 4) is 0 Å². The summed E-state index contributed by atoms with van der Waals surface area (Å²) in [6, 6.07) is 6.25. The van der Waals surface area contributed by atoms with Gasteiger partial charge in [0.15, 0.2) is 0 Å². The Morgan fingerprint density at radius 3 is 2.75 bits per heavy atom. The predicted molar refractivity (Wildman–Crippen MR) is 77.1 cm³/mol. The van der Waals surface area contributed by atoms with Gasteiger partial charge in [0.25, 0.3) is 0 Å². The van der Waals surface area contributed by atoms with Crippen LogP contribution in [0.5, 0.6) is 0 Å². The van der Waals surface area contributed by atoms with Crippen LogP contribution in [0.2, 0.25) is 5.02 Å². The maximum Gasteiger partial charge on any atom is 0.325 e. The van der Waals surface area contributed by atoms with Crippen molar-refractivity contribution in [2.24, 2.45) is 0 Å². The van der Waals surface area contributed by atoms with Crippen molar-refractivity contribution in [2.75, 3.05) is 39.4 Å². The van der Waals surface area contributed by atoms with E-state index in [-0.39, 0.29) is 0 Å². The van der Waals surface area contributed by atoms with E-state index in [1.165, 1.54) is 0 Å². The Morgan fingerprint density at radius 1 is 1.40 bits per heavy atom. The van der Waals surface area contributed by atoms with Crippen LogP contribution in [-0.4, -0.2) is 55.4 Å². The lowest BCUT2D eigenvalue weighted by Crippen LogP contribution is -2.41. The first kappa shape index (κ1) is 15.3. The summed E-state index contributed by atoms with van der Waals surface area (Å²) in [7, 11) is 0. The smallest absolute Gasteiger partial charge is 0.325 e. The minimum absolute atomic E-state index is 0.471. The number of morpholine rings is 1. The van der Waals surface area contributed by atoms with Gasteiger partial charge in [0.1, 0.15) is 6.04 Å². The molecule has 0 amide bonds. The van der Waals surface area contributed by atoms with Crippen LogP contribution in [0.3, 0.4) is 0 Å². The van der Waals surface area contributed by atoms with Gasteiger partial charge in [0.05, 0.1) is 13.2 Å². The molecule has 0 saturated carbocycles. The molecule has 0 spiro atoms. The third kappa shape index (κ3) is 4.18. The molecule has 0 aromatic heterocycles. The molecule has 1 saturated heterocycles. The molecule has 110 valence electrons. The zero-order valence-corrected chi connectivity index (χ0v) is 12.0. The Bertz CT molecular complexity index is 450. The van der Waals surface area contributed by atoms with Crippen molar-refractivity contribution in [1.29, 1.82) is 0 Å². The normalized spacial score (nSPS) is 17.9. The molecular weight excluding hydrogens is 280 g/mol. The van der Waals surface area contributed by atoms with E-state index in [1.807, 2.05) is 0 Å². The maximum absolute atomic E-state index is 11.4. The number of carbonyl (C=O) groups is 1. The predicted octanol–water partition coefficient (Wildman–Crippen LogP) is 1.39. The standard InChI is InChI=1S/C14H19ClN2O3/c15-12-4-2-1-3-11(12)13(14(18)19)16-5-6-17-7-9-20-10-8-17/h1-4,13,16H,5-10H2,(H,18,19). The van der Waals surface area contributed by atoms with Gasteiger partial charge in [-0.3, -0.25) is 15.0 Å². The van der Waals surface area contributed by atoms with Crippen LogP contribution in [0.15, 0.2) is 24.3 Å². The van der Waals surface area contributed by atoms with Crippen LogP contribution in [0.25, 0.3) is 0 Å². The van der Waals surface area contributed by atoms with E-state index in [2.05, 4.69) is 10.2 Å². The zero-order valence-electron chi connectivity index (χ0n) is 11.2. The van der Waals surface area contributed by atoms with E-state index < -0.39 is 12.0 Å². The second-order valence-corrected chi connectivity index (χ2v) is 5.11. The summed E-state index contributed by atoms with van der Waals surface area (Å²) in [6.07, 6.45) is 0. The summed E-state index contributed by atoms with van der Waals surface area (Å²) in [5.74, 6) is -0.917. The third-order valence-electron chi connectivity index (χ3n) is 3.34. The Balaban J connectivity index is 1.90. The van der Waals surface area contributed by atoms with Crippen LogP contribution in [0, 0.1) is 0 Å². The van der Waals surface area contributed by atoms with Gasteiger partial charge >= 0.3 is 5.97 Å². The van der Waals surface area contributed by atoms with E-state index in [0.717, 1.165) is 32.8 Å². The molecule has 1 aliphatic heterocycles. The molecule has 2 N–H and O–H groups in total. The SMILES string of the molecule is O=C(O)C(NCCN1CCOCC1)c1ccccc1Cl. The summed E-state index contributed by atoms with van der Waals surface area (Å²) >= 11 is 6.06. The van der Waals surface area contributed by atoms with E-state index in [1.54, 1.807) is 24.3 Å². The van der Waals surface area contributed by atoms with Crippen molar-refractivity contribution < 1.29 is 14.6 Å². The molecule has 1 unspecified atom stereocenters. The van der Waals surface area contributed by atoms with Gasteiger partial charge in [-0.15, -0.1) is 0 Å². The molecule has 2 rings (SSSR count). The van der Waals surface area contributed by atoms with Gasteiger partial charge in [0.2, 0.25) is 0 Å². The molecule has 5 nitrogen and oxygen atoms in total. The van der Waals surface area contributed by atoms with Crippen molar-refractivity contribution in [3.63, 3.8) is 0 Å². The van der Waals surface area contributed by atoms with Gasteiger partial charge in [-0.2, -0.15) is 0 Å². The first-order chi connectivity index (χ1) is 9.68. The molecule has 1 aromatic rings. The van der Waals surface area contributed by atoms with Crippen LogP contribution in [0.1, 0.15) is 11.6 Å². The molecule has 0 aliphatic carbocycles. The first-order valence-electron chi connectivity index (χ1n) is 6.69. The van der Waals surface area contributed by atoms with Gasteiger partial charge in [-0.05, 0) is 11.6 Å². The Morgan fingerprint density at radius 2 is 2.10 bits per heavy atom. The van der Waals surface area contributed by atoms with Gasteiger partial charge in [-0.1, -0.05) is 29.8 Å². The minimum atomic E-state index is -0.917. The molecule has 1 aliphatic rings. The first-order valence-corrected chi connectivity index (χ1v) is 7.07. The number of aliphatic carboxylic acids is 1. The molecule has 0 radical (unpaired) electrons. The average molecular weight is 299 g/mol. The van der Waals surface area contributed by atoms with Crippen molar-refractivity contribution >= 4 is 17.6 Å².